The van der Waals surface area contributed by atoms with E-state index < -0.39 is 10.0 Å². The Bertz CT molecular complexity index is 533. The quantitative estimate of drug-likeness (QED) is 0.797. The number of rotatable bonds is 3. The molecule has 0 fully saturated rings. The van der Waals surface area contributed by atoms with Gasteiger partial charge in [0.25, 0.3) is 0 Å². The fraction of sp³-hybridized carbons (Fsp3) is 0.294. The lowest BCUT2D eigenvalue weighted by Gasteiger charge is -2.25. The molecule has 102 valence electrons. The van der Waals surface area contributed by atoms with Crippen LogP contribution in [0.25, 0.3) is 11.1 Å². The standard InChI is InChI=1S/C17H23NS/c1-18(2)16-10-6-14(7-11-16)15-8-12-17(13-9-15)19(3,4)5/h6-13H,1-5H3. The molecule has 0 heterocycles. The van der Waals surface area contributed by atoms with Gasteiger partial charge in [-0.3, -0.25) is 0 Å². The molecule has 2 heteroatoms. The molecule has 0 amide bonds. The predicted octanol–water partition coefficient (Wildman–Crippen LogP) is 4.47. The Kier molecular flexibility index (Phi) is 3.91. The van der Waals surface area contributed by atoms with Crippen molar-refractivity contribution in [2.24, 2.45) is 0 Å². The van der Waals surface area contributed by atoms with Crippen LogP contribution >= 0.6 is 10.0 Å². The maximum atomic E-state index is 2.33. The van der Waals surface area contributed by atoms with Gasteiger partial charge in [-0.15, -0.1) is 0 Å². The first-order chi connectivity index (χ1) is 8.88. The summed E-state index contributed by atoms with van der Waals surface area (Å²) in [5, 5.41) is 0. The second kappa shape index (κ2) is 5.30. The summed E-state index contributed by atoms with van der Waals surface area (Å²) >= 11 is 0. The van der Waals surface area contributed by atoms with E-state index in [4.69, 9.17) is 0 Å². The third kappa shape index (κ3) is 3.32. The highest BCUT2D eigenvalue weighted by molar-refractivity contribution is 8.32. The van der Waals surface area contributed by atoms with Crippen LogP contribution in [0.5, 0.6) is 0 Å². The molecular formula is C17H23NS. The van der Waals surface area contributed by atoms with Crippen LogP contribution in [0.4, 0.5) is 5.69 Å². The molecule has 0 atom stereocenters. The Morgan fingerprint density at radius 2 is 1.11 bits per heavy atom. The van der Waals surface area contributed by atoms with Crippen molar-refractivity contribution in [3.05, 3.63) is 48.5 Å². The van der Waals surface area contributed by atoms with Crippen molar-refractivity contribution in [3.8, 4) is 11.1 Å². The van der Waals surface area contributed by atoms with Crippen molar-refractivity contribution in [1.82, 2.24) is 0 Å². The summed E-state index contributed by atoms with van der Waals surface area (Å²) in [6, 6.07) is 17.7. The molecule has 2 aromatic rings. The Hall–Kier alpha value is -1.41. The minimum Gasteiger partial charge on any atom is -0.378 e. The van der Waals surface area contributed by atoms with Crippen molar-refractivity contribution in [2.75, 3.05) is 37.8 Å². The van der Waals surface area contributed by atoms with E-state index in [1.807, 2.05) is 0 Å². The third-order valence-corrected chi connectivity index (χ3v) is 4.96. The molecule has 0 unspecified atom stereocenters. The number of nitrogens with zero attached hydrogens (tertiary/aromatic N) is 1. The minimum absolute atomic E-state index is 0.626. The molecule has 0 aliphatic rings. The van der Waals surface area contributed by atoms with Crippen LogP contribution in [0.1, 0.15) is 0 Å². The Morgan fingerprint density at radius 3 is 1.47 bits per heavy atom. The van der Waals surface area contributed by atoms with Crippen molar-refractivity contribution in [2.45, 2.75) is 4.90 Å². The van der Waals surface area contributed by atoms with Gasteiger partial charge in [-0.1, -0.05) is 24.3 Å². The molecule has 0 aromatic heterocycles. The monoisotopic (exact) mass is 273 g/mol. The first-order valence-electron chi connectivity index (χ1n) is 6.44. The van der Waals surface area contributed by atoms with E-state index >= 15 is 0 Å². The number of anilines is 1. The number of benzene rings is 2. The molecule has 0 aliphatic heterocycles. The van der Waals surface area contributed by atoms with Gasteiger partial charge in [-0.05, 0) is 59.1 Å². The van der Waals surface area contributed by atoms with Gasteiger partial charge in [0.05, 0.1) is 0 Å². The summed E-state index contributed by atoms with van der Waals surface area (Å²) in [5.74, 6) is 0. The highest BCUT2D eigenvalue weighted by Crippen LogP contribution is 2.45. The maximum Gasteiger partial charge on any atom is 0.0361 e. The zero-order valence-electron chi connectivity index (χ0n) is 12.5. The molecule has 19 heavy (non-hydrogen) atoms. The van der Waals surface area contributed by atoms with Gasteiger partial charge in [0.1, 0.15) is 0 Å². The summed E-state index contributed by atoms with van der Waals surface area (Å²) in [4.78, 5) is 3.58. The summed E-state index contributed by atoms with van der Waals surface area (Å²) < 4.78 is 0. The van der Waals surface area contributed by atoms with Crippen molar-refractivity contribution in [3.63, 3.8) is 0 Å². The topological polar surface area (TPSA) is 3.24 Å². The van der Waals surface area contributed by atoms with E-state index in [1.165, 1.54) is 21.7 Å². The second-order valence-electron chi connectivity index (χ2n) is 5.80. The van der Waals surface area contributed by atoms with Crippen LogP contribution in [0.15, 0.2) is 53.4 Å². The molecule has 2 rings (SSSR count). The van der Waals surface area contributed by atoms with Gasteiger partial charge in [0, 0.05) is 19.8 Å². The molecule has 0 bridgehead atoms. The lowest BCUT2D eigenvalue weighted by molar-refractivity contribution is 1.13. The largest absolute Gasteiger partial charge is 0.378 e. The van der Waals surface area contributed by atoms with E-state index in [1.54, 1.807) is 0 Å². The van der Waals surface area contributed by atoms with Crippen molar-refractivity contribution < 1.29 is 0 Å². The average Bonchev–Trinajstić information content (AvgIpc) is 2.38. The first-order valence-corrected chi connectivity index (χ1v) is 9.30. The third-order valence-electron chi connectivity index (χ3n) is 3.28. The molecule has 0 saturated heterocycles. The zero-order chi connectivity index (χ0) is 14.0. The fourth-order valence-electron chi connectivity index (χ4n) is 2.01. The lowest BCUT2D eigenvalue weighted by atomic mass is 10.1. The van der Waals surface area contributed by atoms with Crippen LogP contribution in [0.2, 0.25) is 0 Å². The van der Waals surface area contributed by atoms with Crippen molar-refractivity contribution >= 4 is 15.7 Å². The summed E-state index contributed by atoms with van der Waals surface area (Å²) in [7, 11) is 3.50. The Labute approximate surface area is 118 Å². The molecular weight excluding hydrogens is 250 g/mol. The number of hydrogen-bond donors (Lipinski definition) is 0. The van der Waals surface area contributed by atoms with Crippen LogP contribution < -0.4 is 4.90 Å². The van der Waals surface area contributed by atoms with Gasteiger partial charge in [-0.2, -0.15) is 0 Å². The first kappa shape index (κ1) is 14.0. The molecule has 0 saturated carbocycles. The van der Waals surface area contributed by atoms with Gasteiger partial charge in [0.15, 0.2) is 0 Å². The summed E-state index contributed by atoms with van der Waals surface area (Å²) in [6.45, 7) is 0. The lowest BCUT2D eigenvalue weighted by Crippen LogP contribution is -2.07. The maximum absolute atomic E-state index is 2.33. The normalized spacial score (nSPS) is 12.3. The Balaban J connectivity index is 2.27. The zero-order valence-corrected chi connectivity index (χ0v) is 13.3. The van der Waals surface area contributed by atoms with Gasteiger partial charge in [0.2, 0.25) is 0 Å². The Morgan fingerprint density at radius 1 is 0.684 bits per heavy atom. The van der Waals surface area contributed by atoms with E-state index in [0.717, 1.165) is 0 Å². The highest BCUT2D eigenvalue weighted by Gasteiger charge is 2.07. The molecule has 1 nitrogen and oxygen atoms in total. The minimum atomic E-state index is -0.626. The fourth-order valence-corrected chi connectivity index (χ4v) is 2.96. The van der Waals surface area contributed by atoms with Crippen LogP contribution in [0, 0.1) is 0 Å². The van der Waals surface area contributed by atoms with Crippen LogP contribution in [-0.4, -0.2) is 32.9 Å². The smallest absolute Gasteiger partial charge is 0.0361 e. The van der Waals surface area contributed by atoms with E-state index in [0.29, 0.717) is 0 Å². The molecule has 0 radical (unpaired) electrons. The SMILES string of the molecule is CN(C)c1ccc(-c2ccc(S(C)(C)C)cc2)cc1. The van der Waals surface area contributed by atoms with E-state index in [9.17, 15) is 0 Å². The van der Waals surface area contributed by atoms with Gasteiger partial charge < -0.3 is 4.90 Å². The van der Waals surface area contributed by atoms with E-state index in [-0.39, 0.29) is 0 Å². The second-order valence-corrected chi connectivity index (χ2v) is 9.95. The van der Waals surface area contributed by atoms with Crippen LogP contribution in [0.3, 0.4) is 0 Å². The van der Waals surface area contributed by atoms with Gasteiger partial charge >= 0.3 is 0 Å². The molecule has 2 aromatic carbocycles. The molecule has 0 N–H and O–H groups in total. The summed E-state index contributed by atoms with van der Waals surface area (Å²) in [6.07, 6.45) is 6.98. The van der Waals surface area contributed by atoms with Gasteiger partial charge in [-0.25, -0.2) is 10.0 Å². The predicted molar refractivity (Wildman–Crippen MR) is 89.8 cm³/mol. The molecule has 0 aliphatic carbocycles. The van der Waals surface area contributed by atoms with E-state index in [2.05, 4.69) is 86.3 Å². The summed E-state index contributed by atoms with van der Waals surface area (Å²) in [5.41, 5.74) is 3.80. The average molecular weight is 273 g/mol. The van der Waals surface area contributed by atoms with Crippen molar-refractivity contribution in [1.29, 1.82) is 0 Å². The van der Waals surface area contributed by atoms with Crippen LogP contribution in [-0.2, 0) is 0 Å². The number of hydrogen-bond acceptors (Lipinski definition) is 1. The molecule has 0 spiro atoms. The highest BCUT2D eigenvalue weighted by atomic mass is 32.3.